The Balaban J connectivity index is 1.42. The maximum atomic E-state index is 12.5. The Labute approximate surface area is 151 Å². The van der Waals surface area contributed by atoms with Crippen LogP contribution in [0.4, 0.5) is 8.78 Å². The predicted molar refractivity (Wildman–Crippen MR) is 88.7 cm³/mol. The average Bonchev–Trinajstić information content (AvgIpc) is 3.33. The van der Waals surface area contributed by atoms with Crippen LogP contribution in [-0.4, -0.2) is 35.4 Å². The van der Waals surface area contributed by atoms with Crippen molar-refractivity contribution in [2.24, 2.45) is 0 Å². The molecule has 0 bridgehead atoms. The summed E-state index contributed by atoms with van der Waals surface area (Å²) in [6.45, 7) is 0.418. The Bertz CT molecular complexity index is 1020. The van der Waals surface area contributed by atoms with E-state index in [0.29, 0.717) is 24.4 Å². The molecule has 0 aliphatic heterocycles. The molecule has 10 heteroatoms. The lowest BCUT2D eigenvalue weighted by molar-refractivity contribution is 0.116. The summed E-state index contributed by atoms with van der Waals surface area (Å²) >= 11 is 0. The summed E-state index contributed by atoms with van der Waals surface area (Å²) in [4.78, 5) is 5.72. The topological polar surface area (TPSA) is 95.4 Å². The molecule has 1 aromatic carbocycles. The van der Waals surface area contributed by atoms with E-state index in [1.807, 2.05) is 30.3 Å². The van der Waals surface area contributed by atoms with Gasteiger partial charge in [0.25, 0.3) is 5.89 Å². The number of hydrogen-bond donors (Lipinski definition) is 0. The van der Waals surface area contributed by atoms with E-state index < -0.39 is 12.3 Å². The molecule has 0 aliphatic rings. The van der Waals surface area contributed by atoms with Gasteiger partial charge in [-0.15, -0.1) is 20.4 Å². The lowest BCUT2D eigenvalue weighted by Crippen LogP contribution is -2.04. The lowest BCUT2D eigenvalue weighted by atomic mass is 10.1. The number of pyridine rings is 1. The van der Waals surface area contributed by atoms with Gasteiger partial charge in [-0.1, -0.05) is 18.2 Å². The molecular weight excluding hydrogens is 356 g/mol. The van der Waals surface area contributed by atoms with Crippen molar-refractivity contribution in [3.8, 4) is 11.5 Å². The SMILES string of the molecule is FC(F)c1nnc(-c2ccc(Cn3nnc(Cc4ccccn4)n3)cc2)o1. The molecule has 0 spiro atoms. The van der Waals surface area contributed by atoms with Crippen LogP contribution in [0, 0.1) is 0 Å². The minimum Gasteiger partial charge on any atom is -0.415 e. The minimum atomic E-state index is -2.79. The first-order valence-corrected chi connectivity index (χ1v) is 8.05. The quantitative estimate of drug-likeness (QED) is 0.515. The number of rotatable bonds is 6. The Hall–Kier alpha value is -3.56. The summed E-state index contributed by atoms with van der Waals surface area (Å²) < 4.78 is 30.0. The van der Waals surface area contributed by atoms with Crippen molar-refractivity contribution < 1.29 is 13.2 Å². The van der Waals surface area contributed by atoms with E-state index in [1.165, 1.54) is 4.80 Å². The van der Waals surface area contributed by atoms with Gasteiger partial charge in [0, 0.05) is 17.5 Å². The van der Waals surface area contributed by atoms with E-state index in [4.69, 9.17) is 4.42 Å². The highest BCUT2D eigenvalue weighted by Crippen LogP contribution is 2.23. The second kappa shape index (κ2) is 7.36. The number of aromatic nitrogens is 7. The highest BCUT2D eigenvalue weighted by atomic mass is 19.3. The Morgan fingerprint density at radius 2 is 1.85 bits per heavy atom. The van der Waals surface area contributed by atoms with Crippen LogP contribution in [0.2, 0.25) is 0 Å². The Morgan fingerprint density at radius 1 is 1.00 bits per heavy atom. The van der Waals surface area contributed by atoms with Crippen molar-refractivity contribution in [2.45, 2.75) is 19.4 Å². The second-order valence-corrected chi connectivity index (χ2v) is 5.68. The van der Waals surface area contributed by atoms with Gasteiger partial charge >= 0.3 is 6.43 Å². The number of tetrazole rings is 1. The molecule has 0 N–H and O–H groups in total. The molecule has 0 fully saturated rings. The Morgan fingerprint density at radius 3 is 2.56 bits per heavy atom. The fourth-order valence-corrected chi connectivity index (χ4v) is 2.43. The van der Waals surface area contributed by atoms with Crippen LogP contribution in [0.1, 0.15) is 29.4 Å². The van der Waals surface area contributed by atoms with Crippen molar-refractivity contribution in [3.05, 3.63) is 71.6 Å². The number of benzene rings is 1. The maximum absolute atomic E-state index is 12.5. The fourth-order valence-electron chi connectivity index (χ4n) is 2.43. The summed E-state index contributed by atoms with van der Waals surface area (Å²) in [5.74, 6) is -0.0644. The molecule has 3 heterocycles. The number of alkyl halides is 2. The van der Waals surface area contributed by atoms with Crippen molar-refractivity contribution in [1.29, 1.82) is 0 Å². The van der Waals surface area contributed by atoms with Crippen molar-refractivity contribution in [3.63, 3.8) is 0 Å². The molecule has 0 amide bonds. The van der Waals surface area contributed by atoms with Crippen molar-refractivity contribution in [2.75, 3.05) is 0 Å². The van der Waals surface area contributed by atoms with Crippen LogP contribution in [0.25, 0.3) is 11.5 Å². The average molecular weight is 369 g/mol. The molecule has 136 valence electrons. The molecule has 0 aliphatic carbocycles. The van der Waals surface area contributed by atoms with Crippen LogP contribution in [0.15, 0.2) is 53.1 Å². The summed E-state index contributed by atoms with van der Waals surface area (Å²) in [6, 6.07) is 12.7. The molecule has 0 saturated heterocycles. The third-order valence-electron chi connectivity index (χ3n) is 3.71. The number of hydrogen-bond acceptors (Lipinski definition) is 7. The monoisotopic (exact) mass is 369 g/mol. The van der Waals surface area contributed by atoms with Gasteiger partial charge in [-0.2, -0.15) is 13.6 Å². The van der Waals surface area contributed by atoms with E-state index in [1.54, 1.807) is 18.3 Å². The molecule has 8 nitrogen and oxygen atoms in total. The van der Waals surface area contributed by atoms with E-state index >= 15 is 0 Å². The van der Waals surface area contributed by atoms with Gasteiger partial charge in [0.05, 0.1) is 13.0 Å². The van der Waals surface area contributed by atoms with Gasteiger partial charge in [0.1, 0.15) is 0 Å². The molecule has 4 rings (SSSR count). The summed E-state index contributed by atoms with van der Waals surface area (Å²) in [7, 11) is 0. The molecule has 27 heavy (non-hydrogen) atoms. The van der Waals surface area contributed by atoms with Crippen LogP contribution in [-0.2, 0) is 13.0 Å². The highest BCUT2D eigenvalue weighted by molar-refractivity contribution is 5.52. The summed E-state index contributed by atoms with van der Waals surface area (Å²) in [6.07, 6.45) is -0.567. The highest BCUT2D eigenvalue weighted by Gasteiger charge is 2.16. The van der Waals surface area contributed by atoms with Crippen LogP contribution in [0.3, 0.4) is 0 Å². The largest absolute Gasteiger partial charge is 0.415 e. The zero-order valence-electron chi connectivity index (χ0n) is 13.9. The van der Waals surface area contributed by atoms with Gasteiger partial charge < -0.3 is 4.42 Å². The Kier molecular flexibility index (Phi) is 4.60. The molecular formula is C17H13F2N7O. The van der Waals surface area contributed by atoms with E-state index in [9.17, 15) is 8.78 Å². The van der Waals surface area contributed by atoms with Crippen molar-refractivity contribution in [1.82, 2.24) is 35.4 Å². The van der Waals surface area contributed by atoms with Gasteiger partial charge in [0.2, 0.25) is 5.89 Å². The molecule has 0 saturated carbocycles. The van der Waals surface area contributed by atoms with E-state index in [2.05, 4.69) is 30.6 Å². The zero-order valence-corrected chi connectivity index (χ0v) is 13.9. The minimum absolute atomic E-state index is 0.0494. The standard InChI is InChI=1S/C17H13F2N7O/c18-15(19)17-23-22-16(27-17)12-6-4-11(5-7-12)10-26-24-14(21-25-26)9-13-3-1-2-8-20-13/h1-8,15H,9-10H2. The summed E-state index contributed by atoms with van der Waals surface area (Å²) in [5.41, 5.74) is 2.33. The molecule has 0 radical (unpaired) electrons. The zero-order chi connectivity index (χ0) is 18.6. The molecule has 0 unspecified atom stereocenters. The second-order valence-electron chi connectivity index (χ2n) is 5.68. The smallest absolute Gasteiger partial charge is 0.314 e. The molecule has 0 atom stereocenters. The summed E-state index contributed by atoms with van der Waals surface area (Å²) in [5, 5.41) is 19.3. The molecule has 4 aromatic rings. The van der Waals surface area contributed by atoms with E-state index in [0.717, 1.165) is 11.3 Å². The van der Waals surface area contributed by atoms with Gasteiger partial charge in [0.15, 0.2) is 5.82 Å². The van der Waals surface area contributed by atoms with Crippen LogP contribution >= 0.6 is 0 Å². The van der Waals surface area contributed by atoms with Crippen LogP contribution in [0.5, 0.6) is 0 Å². The van der Waals surface area contributed by atoms with E-state index in [-0.39, 0.29) is 5.89 Å². The number of halogens is 2. The van der Waals surface area contributed by atoms with Gasteiger partial charge in [-0.05, 0) is 35.0 Å². The maximum Gasteiger partial charge on any atom is 0.314 e. The fraction of sp³-hybridized carbons (Fsp3) is 0.176. The third-order valence-corrected chi connectivity index (χ3v) is 3.71. The van der Waals surface area contributed by atoms with Gasteiger partial charge in [-0.3, -0.25) is 4.98 Å². The van der Waals surface area contributed by atoms with Crippen LogP contribution < -0.4 is 0 Å². The number of nitrogens with zero attached hydrogens (tertiary/aromatic N) is 7. The first-order chi connectivity index (χ1) is 13.2. The van der Waals surface area contributed by atoms with Gasteiger partial charge in [-0.25, -0.2) is 0 Å². The first kappa shape index (κ1) is 16.9. The first-order valence-electron chi connectivity index (χ1n) is 8.05. The van der Waals surface area contributed by atoms with Crippen molar-refractivity contribution >= 4 is 0 Å². The third kappa shape index (κ3) is 4.00. The predicted octanol–water partition coefficient (Wildman–Crippen LogP) is 2.69. The molecule has 3 aromatic heterocycles. The lowest BCUT2D eigenvalue weighted by Gasteiger charge is -2.01. The normalized spacial score (nSPS) is 11.2.